The minimum atomic E-state index is -4.46. The van der Waals surface area contributed by atoms with Crippen molar-refractivity contribution in [2.75, 3.05) is 5.73 Å². The van der Waals surface area contributed by atoms with Crippen LogP contribution in [0.15, 0.2) is 48.5 Å². The van der Waals surface area contributed by atoms with Crippen molar-refractivity contribution in [3.05, 3.63) is 54.1 Å². The highest BCUT2D eigenvalue weighted by Crippen LogP contribution is 2.35. The normalized spacial score (nSPS) is 11.9. The molecular formula is C14H10F3N3. The number of nitrogens with two attached hydrogens (primary N) is 1. The summed E-state index contributed by atoms with van der Waals surface area (Å²) >= 11 is 0. The third kappa shape index (κ3) is 1.89. The van der Waals surface area contributed by atoms with Gasteiger partial charge < -0.3 is 5.73 Å². The molecule has 0 spiro atoms. The average molecular weight is 277 g/mol. The summed E-state index contributed by atoms with van der Waals surface area (Å²) in [4.78, 5) is 3.88. The van der Waals surface area contributed by atoms with Crippen molar-refractivity contribution in [2.24, 2.45) is 0 Å². The van der Waals surface area contributed by atoms with Crippen LogP contribution in [0.25, 0.3) is 16.7 Å². The maximum atomic E-state index is 13.0. The van der Waals surface area contributed by atoms with Crippen LogP contribution in [-0.4, -0.2) is 9.55 Å². The molecule has 0 saturated heterocycles. The molecule has 20 heavy (non-hydrogen) atoms. The number of hydrogen-bond acceptors (Lipinski definition) is 2. The number of hydrogen-bond donors (Lipinski definition) is 1. The van der Waals surface area contributed by atoms with Gasteiger partial charge in [-0.15, -0.1) is 0 Å². The summed E-state index contributed by atoms with van der Waals surface area (Å²) in [5.41, 5.74) is 5.87. The van der Waals surface area contributed by atoms with Crippen molar-refractivity contribution in [2.45, 2.75) is 6.18 Å². The predicted molar refractivity (Wildman–Crippen MR) is 70.5 cm³/mol. The largest absolute Gasteiger partial charge is 0.418 e. The van der Waals surface area contributed by atoms with Gasteiger partial charge in [-0.1, -0.05) is 24.3 Å². The SMILES string of the molecule is Nc1nc2c(C(F)(F)F)cccc2n1-c1ccccc1. The number of benzene rings is 2. The van der Waals surface area contributed by atoms with E-state index in [4.69, 9.17) is 5.73 Å². The second-order valence-corrected chi connectivity index (χ2v) is 4.31. The highest BCUT2D eigenvalue weighted by Gasteiger charge is 2.34. The average Bonchev–Trinajstić information content (AvgIpc) is 2.74. The van der Waals surface area contributed by atoms with Gasteiger partial charge in [-0.2, -0.15) is 13.2 Å². The smallest absolute Gasteiger partial charge is 0.369 e. The zero-order valence-electron chi connectivity index (χ0n) is 10.2. The molecule has 0 fully saturated rings. The van der Waals surface area contributed by atoms with Gasteiger partial charge in [0.25, 0.3) is 0 Å². The summed E-state index contributed by atoms with van der Waals surface area (Å²) in [5.74, 6) is 0.0305. The van der Waals surface area contributed by atoms with Crippen molar-refractivity contribution >= 4 is 17.0 Å². The molecule has 1 heterocycles. The number of nitrogen functional groups attached to an aromatic ring is 1. The second kappa shape index (κ2) is 4.26. The van der Waals surface area contributed by atoms with Crippen molar-refractivity contribution in [1.82, 2.24) is 9.55 Å². The number of rotatable bonds is 1. The van der Waals surface area contributed by atoms with Crippen LogP contribution >= 0.6 is 0 Å². The van der Waals surface area contributed by atoms with Crippen molar-refractivity contribution in [3.8, 4) is 5.69 Å². The quantitative estimate of drug-likeness (QED) is 0.738. The molecule has 0 unspecified atom stereocenters. The van der Waals surface area contributed by atoms with E-state index < -0.39 is 11.7 Å². The van der Waals surface area contributed by atoms with Crippen LogP contribution < -0.4 is 5.73 Å². The number of anilines is 1. The third-order valence-corrected chi connectivity index (χ3v) is 3.03. The number of alkyl halides is 3. The van der Waals surface area contributed by atoms with E-state index in [1.165, 1.54) is 10.6 Å². The fourth-order valence-electron chi connectivity index (χ4n) is 2.19. The van der Waals surface area contributed by atoms with Gasteiger partial charge in [-0.3, -0.25) is 4.57 Å². The van der Waals surface area contributed by atoms with Gasteiger partial charge in [0.15, 0.2) is 0 Å². The van der Waals surface area contributed by atoms with Crippen LogP contribution in [0.3, 0.4) is 0 Å². The summed E-state index contributed by atoms with van der Waals surface area (Å²) in [6.07, 6.45) is -4.46. The number of imidazole rings is 1. The Labute approximate surface area is 112 Å². The number of halogens is 3. The van der Waals surface area contributed by atoms with Gasteiger partial charge in [0.1, 0.15) is 5.52 Å². The van der Waals surface area contributed by atoms with Gasteiger partial charge in [0.05, 0.1) is 11.1 Å². The first kappa shape index (κ1) is 12.5. The molecule has 3 rings (SSSR count). The molecule has 0 aliphatic heterocycles. The molecule has 6 heteroatoms. The Balaban J connectivity index is 2.34. The van der Waals surface area contributed by atoms with E-state index in [-0.39, 0.29) is 11.5 Å². The van der Waals surface area contributed by atoms with Crippen LogP contribution in [-0.2, 0) is 6.18 Å². The summed E-state index contributed by atoms with van der Waals surface area (Å²) in [6.45, 7) is 0. The Kier molecular flexibility index (Phi) is 2.67. The van der Waals surface area contributed by atoms with E-state index in [1.807, 2.05) is 6.07 Å². The highest BCUT2D eigenvalue weighted by molar-refractivity contribution is 5.84. The van der Waals surface area contributed by atoms with Crippen molar-refractivity contribution in [3.63, 3.8) is 0 Å². The fourth-order valence-corrected chi connectivity index (χ4v) is 2.19. The number of para-hydroxylation sites is 2. The molecular weight excluding hydrogens is 267 g/mol. The van der Waals surface area contributed by atoms with Crippen LogP contribution in [0.2, 0.25) is 0 Å². The number of nitrogens with zero attached hydrogens (tertiary/aromatic N) is 2. The summed E-state index contributed by atoms with van der Waals surface area (Å²) in [6, 6.07) is 12.8. The predicted octanol–water partition coefficient (Wildman–Crippen LogP) is 3.63. The molecule has 3 nitrogen and oxygen atoms in total. The summed E-state index contributed by atoms with van der Waals surface area (Å²) in [7, 11) is 0. The molecule has 0 amide bonds. The van der Waals surface area contributed by atoms with E-state index in [2.05, 4.69) is 4.98 Å². The standard InChI is InChI=1S/C14H10F3N3/c15-14(16,17)10-7-4-8-11-12(10)19-13(18)20(11)9-5-2-1-3-6-9/h1-8H,(H2,18,19). The maximum Gasteiger partial charge on any atom is 0.418 e. The minimum Gasteiger partial charge on any atom is -0.369 e. The zero-order valence-corrected chi connectivity index (χ0v) is 10.2. The van der Waals surface area contributed by atoms with Gasteiger partial charge in [-0.25, -0.2) is 4.98 Å². The number of fused-ring (bicyclic) bond motifs is 1. The van der Waals surface area contributed by atoms with Crippen LogP contribution in [0.5, 0.6) is 0 Å². The molecule has 0 aliphatic carbocycles. The van der Waals surface area contributed by atoms with Crippen LogP contribution in [0.1, 0.15) is 5.56 Å². The Bertz CT molecular complexity index is 760. The first-order chi connectivity index (χ1) is 9.48. The fraction of sp³-hybridized carbons (Fsp3) is 0.0714. The lowest BCUT2D eigenvalue weighted by molar-refractivity contribution is -0.136. The van der Waals surface area contributed by atoms with E-state index in [0.717, 1.165) is 6.07 Å². The molecule has 3 aromatic rings. The molecule has 102 valence electrons. The van der Waals surface area contributed by atoms with E-state index in [0.29, 0.717) is 11.2 Å². The Morgan fingerprint density at radius 2 is 1.65 bits per heavy atom. The maximum absolute atomic E-state index is 13.0. The first-order valence-electron chi connectivity index (χ1n) is 5.88. The van der Waals surface area contributed by atoms with Crippen molar-refractivity contribution < 1.29 is 13.2 Å². The highest BCUT2D eigenvalue weighted by atomic mass is 19.4. The van der Waals surface area contributed by atoms with Gasteiger partial charge in [0.2, 0.25) is 5.95 Å². The molecule has 2 N–H and O–H groups in total. The molecule has 1 aromatic heterocycles. The molecule has 2 aromatic carbocycles. The zero-order chi connectivity index (χ0) is 14.3. The van der Waals surface area contributed by atoms with E-state index in [9.17, 15) is 13.2 Å². The molecule has 0 aliphatic rings. The monoisotopic (exact) mass is 277 g/mol. The van der Waals surface area contributed by atoms with Gasteiger partial charge >= 0.3 is 6.18 Å². The third-order valence-electron chi connectivity index (χ3n) is 3.03. The lowest BCUT2D eigenvalue weighted by Gasteiger charge is -2.08. The Morgan fingerprint density at radius 3 is 2.30 bits per heavy atom. The Hall–Kier alpha value is -2.50. The summed E-state index contributed by atoms with van der Waals surface area (Å²) in [5, 5.41) is 0. The van der Waals surface area contributed by atoms with Crippen molar-refractivity contribution in [1.29, 1.82) is 0 Å². The van der Waals surface area contributed by atoms with E-state index >= 15 is 0 Å². The van der Waals surface area contributed by atoms with E-state index in [1.54, 1.807) is 30.3 Å². The summed E-state index contributed by atoms with van der Waals surface area (Å²) < 4.78 is 40.4. The Morgan fingerprint density at radius 1 is 0.950 bits per heavy atom. The molecule has 0 radical (unpaired) electrons. The molecule has 0 atom stereocenters. The van der Waals surface area contributed by atoms with Crippen LogP contribution in [0.4, 0.5) is 19.1 Å². The van der Waals surface area contributed by atoms with Gasteiger partial charge in [0, 0.05) is 5.69 Å². The lowest BCUT2D eigenvalue weighted by Crippen LogP contribution is -2.05. The topological polar surface area (TPSA) is 43.8 Å². The minimum absolute atomic E-state index is 0.0305. The van der Waals surface area contributed by atoms with Crippen LogP contribution in [0, 0.1) is 0 Å². The lowest BCUT2D eigenvalue weighted by atomic mass is 10.1. The van der Waals surface area contributed by atoms with Gasteiger partial charge in [-0.05, 0) is 24.3 Å². The molecule has 0 bridgehead atoms. The second-order valence-electron chi connectivity index (χ2n) is 4.31. The first-order valence-corrected chi connectivity index (χ1v) is 5.88. The molecule has 0 saturated carbocycles. The number of aromatic nitrogens is 2.